The molecule has 21 heavy (non-hydrogen) atoms. The molecule has 5 nitrogen and oxygen atoms in total. The third-order valence-corrected chi connectivity index (χ3v) is 2.95. The first-order valence-corrected chi connectivity index (χ1v) is 6.54. The van der Waals surface area contributed by atoms with Crippen LogP contribution in [0, 0.1) is 0 Å². The van der Waals surface area contributed by atoms with Crippen molar-refractivity contribution >= 4 is 11.5 Å². The van der Waals surface area contributed by atoms with E-state index in [4.69, 9.17) is 0 Å². The van der Waals surface area contributed by atoms with Crippen LogP contribution in [0.5, 0.6) is 0 Å². The van der Waals surface area contributed by atoms with E-state index in [1.54, 1.807) is 38.6 Å². The van der Waals surface area contributed by atoms with E-state index in [1.165, 1.54) is 17.6 Å². The highest BCUT2D eigenvalue weighted by Gasteiger charge is 2.07. The van der Waals surface area contributed by atoms with Gasteiger partial charge in [0.1, 0.15) is 5.69 Å². The Morgan fingerprint density at radius 3 is 2.52 bits per heavy atom. The maximum atomic E-state index is 12.1. The molecule has 0 aliphatic heterocycles. The number of nitrogens with zero attached hydrogens (tertiary/aromatic N) is 2. The SMILES string of the molecule is CC(=O)/C=C(\C)Nc1cc(-c2ccncc2)cn(C)c1=O. The lowest BCUT2D eigenvalue weighted by Crippen LogP contribution is -2.20. The average molecular weight is 283 g/mol. The van der Waals surface area contributed by atoms with E-state index in [2.05, 4.69) is 10.3 Å². The summed E-state index contributed by atoms with van der Waals surface area (Å²) in [7, 11) is 1.70. The first kappa shape index (κ1) is 14.7. The van der Waals surface area contributed by atoms with Crippen LogP contribution in [0.1, 0.15) is 13.8 Å². The lowest BCUT2D eigenvalue weighted by atomic mass is 10.1. The summed E-state index contributed by atoms with van der Waals surface area (Å²) < 4.78 is 1.51. The summed E-state index contributed by atoms with van der Waals surface area (Å²) in [5, 5.41) is 2.98. The molecule has 0 saturated heterocycles. The second-order valence-corrected chi connectivity index (χ2v) is 4.86. The number of carbonyl (C=O) groups is 1. The smallest absolute Gasteiger partial charge is 0.273 e. The molecule has 0 saturated carbocycles. The minimum atomic E-state index is -0.149. The molecule has 0 bridgehead atoms. The molecule has 0 unspecified atom stereocenters. The Morgan fingerprint density at radius 1 is 1.24 bits per heavy atom. The molecule has 0 aromatic carbocycles. The van der Waals surface area contributed by atoms with Gasteiger partial charge in [-0.2, -0.15) is 0 Å². The molecule has 0 fully saturated rings. The summed E-state index contributed by atoms with van der Waals surface area (Å²) in [5.74, 6) is -0.0675. The van der Waals surface area contributed by atoms with Gasteiger partial charge in [0.05, 0.1) is 0 Å². The van der Waals surface area contributed by atoms with E-state index in [1.807, 2.05) is 12.1 Å². The van der Waals surface area contributed by atoms with Crippen LogP contribution in [0.4, 0.5) is 5.69 Å². The van der Waals surface area contributed by atoms with E-state index in [-0.39, 0.29) is 11.3 Å². The molecule has 0 amide bonds. The molecule has 0 spiro atoms. The molecule has 0 aliphatic carbocycles. The highest BCUT2D eigenvalue weighted by atomic mass is 16.1. The maximum Gasteiger partial charge on any atom is 0.273 e. The zero-order valence-corrected chi connectivity index (χ0v) is 12.3. The Balaban J connectivity index is 2.45. The predicted molar refractivity (Wildman–Crippen MR) is 83.0 cm³/mol. The predicted octanol–water partition coefficient (Wildman–Crippen LogP) is 2.35. The summed E-state index contributed by atoms with van der Waals surface area (Å²) in [6, 6.07) is 5.53. The summed E-state index contributed by atoms with van der Waals surface area (Å²) in [6.07, 6.45) is 6.63. The topological polar surface area (TPSA) is 64.0 Å². The van der Waals surface area contributed by atoms with Crippen LogP contribution in [0.2, 0.25) is 0 Å². The van der Waals surface area contributed by atoms with Gasteiger partial charge in [-0.1, -0.05) is 0 Å². The molecule has 0 atom stereocenters. The van der Waals surface area contributed by atoms with Gasteiger partial charge in [-0.3, -0.25) is 14.6 Å². The van der Waals surface area contributed by atoms with Crippen molar-refractivity contribution in [1.82, 2.24) is 9.55 Å². The van der Waals surface area contributed by atoms with Gasteiger partial charge in [0, 0.05) is 36.9 Å². The molecule has 2 rings (SSSR count). The quantitative estimate of drug-likeness (QED) is 0.875. The van der Waals surface area contributed by atoms with Crippen molar-refractivity contribution in [1.29, 1.82) is 0 Å². The van der Waals surface area contributed by atoms with Gasteiger partial charge in [0.15, 0.2) is 5.78 Å². The Bertz CT molecular complexity index is 746. The molecule has 0 aliphatic rings. The van der Waals surface area contributed by atoms with E-state index in [9.17, 15) is 9.59 Å². The lowest BCUT2D eigenvalue weighted by molar-refractivity contribution is -0.112. The van der Waals surface area contributed by atoms with E-state index < -0.39 is 0 Å². The van der Waals surface area contributed by atoms with Gasteiger partial charge in [0.2, 0.25) is 0 Å². The standard InChI is InChI=1S/C16H17N3O2/c1-11(8-12(2)20)18-15-9-14(10-19(3)16(15)21)13-4-6-17-7-5-13/h4-10,18H,1-3H3/b11-8+. The van der Waals surface area contributed by atoms with Crippen LogP contribution in [0.15, 0.2) is 53.4 Å². The number of aromatic nitrogens is 2. The van der Waals surface area contributed by atoms with Gasteiger partial charge < -0.3 is 9.88 Å². The first-order valence-electron chi connectivity index (χ1n) is 6.54. The van der Waals surface area contributed by atoms with Gasteiger partial charge in [-0.25, -0.2) is 0 Å². The average Bonchev–Trinajstić information content (AvgIpc) is 2.43. The van der Waals surface area contributed by atoms with Gasteiger partial charge in [-0.15, -0.1) is 0 Å². The summed E-state index contributed by atoms with van der Waals surface area (Å²) >= 11 is 0. The molecule has 2 aromatic heterocycles. The third-order valence-electron chi connectivity index (χ3n) is 2.95. The molecule has 2 aromatic rings. The number of rotatable bonds is 4. The lowest BCUT2D eigenvalue weighted by Gasteiger charge is -2.10. The number of aryl methyl sites for hydroxylation is 1. The molecular weight excluding hydrogens is 266 g/mol. The van der Waals surface area contributed by atoms with Crippen LogP contribution in [-0.2, 0) is 11.8 Å². The van der Waals surface area contributed by atoms with Crippen molar-refractivity contribution in [3.05, 3.63) is 58.9 Å². The Morgan fingerprint density at radius 2 is 1.90 bits per heavy atom. The number of ketones is 1. The van der Waals surface area contributed by atoms with Crippen molar-refractivity contribution in [3.8, 4) is 11.1 Å². The minimum absolute atomic E-state index is 0.0675. The molecular formula is C16H17N3O2. The van der Waals surface area contributed by atoms with E-state index in [0.29, 0.717) is 11.4 Å². The first-order chi connectivity index (χ1) is 9.97. The van der Waals surface area contributed by atoms with Crippen LogP contribution in [0.25, 0.3) is 11.1 Å². The number of allylic oxidation sites excluding steroid dienone is 2. The fourth-order valence-corrected chi connectivity index (χ4v) is 2.06. The minimum Gasteiger partial charge on any atom is -0.355 e. The maximum absolute atomic E-state index is 12.1. The van der Waals surface area contributed by atoms with Crippen LogP contribution in [-0.4, -0.2) is 15.3 Å². The second kappa shape index (κ2) is 6.17. The van der Waals surface area contributed by atoms with Gasteiger partial charge >= 0.3 is 0 Å². The molecule has 2 heterocycles. The number of carbonyl (C=O) groups excluding carboxylic acids is 1. The van der Waals surface area contributed by atoms with Gasteiger partial charge in [-0.05, 0) is 43.7 Å². The molecule has 0 radical (unpaired) electrons. The largest absolute Gasteiger partial charge is 0.355 e. The van der Waals surface area contributed by atoms with Crippen LogP contribution in [0.3, 0.4) is 0 Å². The van der Waals surface area contributed by atoms with Crippen molar-refractivity contribution < 1.29 is 4.79 Å². The highest BCUT2D eigenvalue weighted by molar-refractivity contribution is 5.88. The number of hydrogen-bond donors (Lipinski definition) is 1. The second-order valence-electron chi connectivity index (χ2n) is 4.86. The molecule has 5 heteroatoms. The number of hydrogen-bond acceptors (Lipinski definition) is 4. The van der Waals surface area contributed by atoms with Crippen molar-refractivity contribution in [3.63, 3.8) is 0 Å². The van der Waals surface area contributed by atoms with Crippen molar-refractivity contribution in [2.75, 3.05) is 5.32 Å². The molecule has 108 valence electrons. The van der Waals surface area contributed by atoms with E-state index in [0.717, 1.165) is 11.1 Å². The summed E-state index contributed by atoms with van der Waals surface area (Å²) in [6.45, 7) is 3.22. The van der Waals surface area contributed by atoms with Crippen LogP contribution < -0.4 is 10.9 Å². The normalized spacial score (nSPS) is 11.3. The Hall–Kier alpha value is -2.69. The zero-order valence-electron chi connectivity index (χ0n) is 12.3. The Labute approximate surface area is 123 Å². The molecule has 1 N–H and O–H groups in total. The zero-order chi connectivity index (χ0) is 15.4. The third kappa shape index (κ3) is 3.66. The van der Waals surface area contributed by atoms with Crippen molar-refractivity contribution in [2.24, 2.45) is 7.05 Å². The fraction of sp³-hybridized carbons (Fsp3) is 0.188. The fourth-order valence-electron chi connectivity index (χ4n) is 2.06. The summed E-state index contributed by atoms with van der Waals surface area (Å²) in [4.78, 5) is 27.2. The number of anilines is 1. The highest BCUT2D eigenvalue weighted by Crippen LogP contribution is 2.20. The summed E-state index contributed by atoms with van der Waals surface area (Å²) in [5.41, 5.74) is 2.78. The van der Waals surface area contributed by atoms with Crippen molar-refractivity contribution in [2.45, 2.75) is 13.8 Å². The van der Waals surface area contributed by atoms with Gasteiger partial charge in [0.25, 0.3) is 5.56 Å². The number of pyridine rings is 2. The van der Waals surface area contributed by atoms with Crippen LogP contribution >= 0.6 is 0 Å². The Kier molecular flexibility index (Phi) is 4.33. The number of nitrogens with one attached hydrogen (secondary N) is 1. The monoisotopic (exact) mass is 283 g/mol. The van der Waals surface area contributed by atoms with E-state index >= 15 is 0 Å².